The van der Waals surface area contributed by atoms with E-state index in [1.165, 1.54) is 0 Å². The maximum Gasteiger partial charge on any atom is 0.233 e. The average Bonchev–Trinajstić information content (AvgIpc) is 3.39. The molecule has 1 saturated carbocycles. The van der Waals surface area contributed by atoms with Gasteiger partial charge in [-0.2, -0.15) is 10.2 Å². The van der Waals surface area contributed by atoms with Crippen LogP contribution < -0.4 is 0 Å². The Hall–Kier alpha value is -2.60. The van der Waals surface area contributed by atoms with Crippen LogP contribution in [0, 0.1) is 13.8 Å². The molecule has 152 valence electrons. The van der Waals surface area contributed by atoms with Gasteiger partial charge in [0.15, 0.2) is 0 Å². The van der Waals surface area contributed by atoms with Crippen LogP contribution in [0.3, 0.4) is 0 Å². The van der Waals surface area contributed by atoms with Crippen LogP contribution in [0.1, 0.15) is 41.1 Å². The first-order chi connectivity index (χ1) is 13.8. The summed E-state index contributed by atoms with van der Waals surface area (Å²) in [5.41, 5.74) is 4.45. The number of hydrogen-bond donors (Lipinski definition) is 0. The van der Waals surface area contributed by atoms with Gasteiger partial charge in [0.25, 0.3) is 0 Å². The van der Waals surface area contributed by atoms with Gasteiger partial charge in [-0.25, -0.2) is 0 Å². The first kappa shape index (κ1) is 19.7. The van der Waals surface area contributed by atoms with Crippen LogP contribution in [0.15, 0.2) is 36.5 Å². The van der Waals surface area contributed by atoms with Gasteiger partial charge in [0, 0.05) is 38.1 Å². The Bertz CT molecular complexity index is 1050. The Kier molecular flexibility index (Phi) is 4.99. The number of hydrogen-bond acceptors (Lipinski definition) is 3. The Balaban J connectivity index is 1.70. The highest BCUT2D eigenvalue weighted by Crippen LogP contribution is 2.50. The third kappa shape index (κ3) is 3.57. The monoisotopic (exact) mass is 411 g/mol. The number of carbonyl (C=O) groups excluding carboxylic acids is 1. The largest absolute Gasteiger partial charge is 0.331 e. The van der Waals surface area contributed by atoms with E-state index in [1.807, 2.05) is 55.7 Å². The van der Waals surface area contributed by atoms with Crippen LogP contribution in [-0.2, 0) is 37.4 Å². The molecule has 7 heteroatoms. The van der Waals surface area contributed by atoms with Gasteiger partial charge in [-0.05, 0) is 32.3 Å². The van der Waals surface area contributed by atoms with Crippen molar-refractivity contribution < 1.29 is 4.79 Å². The first-order valence-electron chi connectivity index (χ1n) is 9.84. The smallest absolute Gasteiger partial charge is 0.233 e. The predicted molar refractivity (Wildman–Crippen MR) is 113 cm³/mol. The summed E-state index contributed by atoms with van der Waals surface area (Å²) in [6.45, 7) is 4.89. The molecule has 29 heavy (non-hydrogen) atoms. The molecule has 2 heterocycles. The van der Waals surface area contributed by atoms with Crippen LogP contribution in [-0.4, -0.2) is 30.4 Å². The Morgan fingerprint density at radius 1 is 1.14 bits per heavy atom. The van der Waals surface area contributed by atoms with Crippen molar-refractivity contribution in [1.29, 1.82) is 0 Å². The fourth-order valence-electron chi connectivity index (χ4n) is 4.04. The molecule has 6 nitrogen and oxygen atoms in total. The molecular weight excluding hydrogens is 386 g/mol. The van der Waals surface area contributed by atoms with Crippen molar-refractivity contribution in [2.24, 2.45) is 14.1 Å². The highest BCUT2D eigenvalue weighted by Gasteiger charge is 2.53. The van der Waals surface area contributed by atoms with Gasteiger partial charge in [0.05, 0.1) is 22.7 Å². The third-order valence-electron chi connectivity index (χ3n) is 5.98. The lowest BCUT2D eigenvalue weighted by atomic mass is 9.94. The zero-order valence-corrected chi connectivity index (χ0v) is 18.1. The van der Waals surface area contributed by atoms with Crippen molar-refractivity contribution in [2.75, 3.05) is 0 Å². The highest BCUT2D eigenvalue weighted by molar-refractivity contribution is 6.31. The average molecular weight is 412 g/mol. The van der Waals surface area contributed by atoms with Gasteiger partial charge in [-0.1, -0.05) is 41.9 Å². The summed E-state index contributed by atoms with van der Waals surface area (Å²) in [5, 5.41) is 9.57. The molecule has 0 spiro atoms. The number of halogens is 1. The number of rotatable bonds is 6. The highest BCUT2D eigenvalue weighted by atomic mass is 35.5. The van der Waals surface area contributed by atoms with Crippen molar-refractivity contribution in [1.82, 2.24) is 24.5 Å². The number of aromatic nitrogens is 4. The quantitative estimate of drug-likeness (QED) is 0.621. The first-order valence-corrected chi connectivity index (χ1v) is 10.2. The molecule has 0 saturated heterocycles. The SMILES string of the molecule is Cc1nn(C)c(C)c1CN(Cc1nn(C)cc1Cl)C(=O)C1(c2ccccc2)CC1. The zero-order chi connectivity index (χ0) is 20.8. The molecule has 1 fully saturated rings. The molecule has 1 aliphatic rings. The molecule has 2 aromatic heterocycles. The summed E-state index contributed by atoms with van der Waals surface area (Å²) in [5.74, 6) is 0.132. The van der Waals surface area contributed by atoms with Gasteiger partial charge < -0.3 is 4.90 Å². The predicted octanol–water partition coefficient (Wildman–Crippen LogP) is 3.68. The second-order valence-corrected chi connectivity index (χ2v) is 8.39. The fraction of sp³-hybridized carbons (Fsp3) is 0.409. The van der Waals surface area contributed by atoms with E-state index in [0.29, 0.717) is 23.8 Å². The number of carbonyl (C=O) groups is 1. The standard InChI is InChI=1S/C22H26ClN5O/c1-15-18(16(2)27(4)24-15)12-28(14-20-19(23)13-26(3)25-20)21(29)22(10-11-22)17-8-6-5-7-9-17/h5-9,13H,10-12,14H2,1-4H3. The van der Waals surface area contributed by atoms with E-state index in [2.05, 4.69) is 22.3 Å². The van der Waals surface area contributed by atoms with Crippen LogP contribution in [0.5, 0.6) is 0 Å². The van der Waals surface area contributed by atoms with Gasteiger partial charge in [0.1, 0.15) is 5.69 Å². The lowest BCUT2D eigenvalue weighted by Crippen LogP contribution is -2.39. The minimum atomic E-state index is -0.438. The molecule has 1 aliphatic carbocycles. The number of amides is 1. The van der Waals surface area contributed by atoms with Crippen LogP contribution in [0.4, 0.5) is 0 Å². The minimum Gasteiger partial charge on any atom is -0.331 e. The van der Waals surface area contributed by atoms with Crippen molar-refractivity contribution in [3.05, 3.63) is 69.8 Å². The zero-order valence-electron chi connectivity index (χ0n) is 17.3. The topological polar surface area (TPSA) is 56.0 Å². The summed E-state index contributed by atoms with van der Waals surface area (Å²) >= 11 is 6.37. The van der Waals surface area contributed by atoms with E-state index in [-0.39, 0.29) is 5.91 Å². The van der Waals surface area contributed by atoms with Crippen LogP contribution in [0.25, 0.3) is 0 Å². The van der Waals surface area contributed by atoms with Gasteiger partial charge in [0.2, 0.25) is 5.91 Å². The molecule has 3 aromatic rings. The maximum absolute atomic E-state index is 13.8. The van der Waals surface area contributed by atoms with Crippen LogP contribution >= 0.6 is 11.6 Å². The van der Waals surface area contributed by atoms with E-state index in [4.69, 9.17) is 11.6 Å². The van der Waals surface area contributed by atoms with Crippen LogP contribution in [0.2, 0.25) is 5.02 Å². The Labute approximate surface area is 176 Å². The van der Waals surface area contributed by atoms with E-state index >= 15 is 0 Å². The van der Waals surface area contributed by atoms with E-state index in [9.17, 15) is 4.79 Å². The molecule has 4 rings (SSSR count). The molecule has 1 aromatic carbocycles. The Morgan fingerprint density at radius 2 is 1.83 bits per heavy atom. The van der Waals surface area contributed by atoms with E-state index in [1.54, 1.807) is 10.9 Å². The maximum atomic E-state index is 13.8. The fourth-order valence-corrected chi connectivity index (χ4v) is 4.28. The summed E-state index contributed by atoms with van der Waals surface area (Å²) < 4.78 is 3.55. The summed E-state index contributed by atoms with van der Waals surface area (Å²) in [7, 11) is 3.77. The number of benzene rings is 1. The van der Waals surface area contributed by atoms with Crippen molar-refractivity contribution in [3.63, 3.8) is 0 Å². The normalized spacial score (nSPS) is 14.8. The molecule has 0 aliphatic heterocycles. The number of aryl methyl sites for hydroxylation is 3. The summed E-state index contributed by atoms with van der Waals surface area (Å²) in [6, 6.07) is 10.1. The van der Waals surface area contributed by atoms with Gasteiger partial charge in [-0.3, -0.25) is 14.2 Å². The van der Waals surface area contributed by atoms with Gasteiger partial charge in [-0.15, -0.1) is 0 Å². The second kappa shape index (κ2) is 7.34. The minimum absolute atomic E-state index is 0.132. The lowest BCUT2D eigenvalue weighted by molar-refractivity contribution is -0.135. The molecule has 0 radical (unpaired) electrons. The molecule has 1 amide bonds. The Morgan fingerprint density at radius 3 is 2.34 bits per heavy atom. The molecular formula is C22H26ClN5O. The van der Waals surface area contributed by atoms with Crippen molar-refractivity contribution >= 4 is 17.5 Å². The molecule has 0 unspecified atom stereocenters. The van der Waals surface area contributed by atoms with E-state index < -0.39 is 5.41 Å². The van der Waals surface area contributed by atoms with Gasteiger partial charge >= 0.3 is 0 Å². The van der Waals surface area contributed by atoms with E-state index in [0.717, 1.165) is 35.4 Å². The third-order valence-corrected chi connectivity index (χ3v) is 6.29. The molecule has 0 bridgehead atoms. The summed E-state index contributed by atoms with van der Waals surface area (Å²) in [6.07, 6.45) is 3.50. The molecule has 0 N–H and O–H groups in total. The molecule has 0 atom stereocenters. The summed E-state index contributed by atoms with van der Waals surface area (Å²) in [4.78, 5) is 15.7. The van der Waals surface area contributed by atoms with Crippen molar-refractivity contribution in [3.8, 4) is 0 Å². The second-order valence-electron chi connectivity index (χ2n) is 7.98. The lowest BCUT2D eigenvalue weighted by Gasteiger charge is -2.27. The number of nitrogens with zero attached hydrogens (tertiary/aromatic N) is 5. The van der Waals surface area contributed by atoms with Crippen molar-refractivity contribution in [2.45, 2.75) is 45.2 Å².